The van der Waals surface area contributed by atoms with Crippen molar-refractivity contribution in [1.82, 2.24) is 5.10 Å². The minimum atomic E-state index is 0.674. The van der Waals surface area contributed by atoms with Gasteiger partial charge in [0.2, 0.25) is 12.7 Å². The molecule has 3 nitrogen and oxygen atoms in total. The number of nitrogens with two attached hydrogens (primary N) is 1. The van der Waals surface area contributed by atoms with E-state index in [0.717, 1.165) is 5.69 Å². The van der Waals surface area contributed by atoms with Crippen LogP contribution in [0.2, 0.25) is 0 Å². The van der Waals surface area contributed by atoms with Gasteiger partial charge in [0.15, 0.2) is 0 Å². The largest absolute Gasteiger partial charge is 0.392 e. The van der Waals surface area contributed by atoms with Crippen LogP contribution in [0.5, 0.6) is 0 Å². The Hall–Kier alpha value is -1.43. The summed E-state index contributed by atoms with van der Waals surface area (Å²) in [7, 11) is 0. The normalized spacial score (nSPS) is 8.50. The maximum atomic E-state index is 5.45. The van der Waals surface area contributed by atoms with E-state index in [9.17, 15) is 0 Å². The molecule has 1 aromatic heterocycles. The van der Waals surface area contributed by atoms with Gasteiger partial charge < -0.3 is 5.73 Å². The molecule has 0 saturated carbocycles. The number of nitrogens with zero attached hydrogens (tertiary/aromatic N) is 1. The summed E-state index contributed by atoms with van der Waals surface area (Å²) in [6, 6.07) is 0. The third-order valence-electron chi connectivity index (χ3n) is 1.13. The predicted molar refractivity (Wildman–Crippen MR) is 38.9 cm³/mol. The number of rotatable bonds is 1. The minimum Gasteiger partial charge on any atom is -0.392 e. The van der Waals surface area contributed by atoms with E-state index in [4.69, 9.17) is 5.73 Å². The van der Waals surface area contributed by atoms with Gasteiger partial charge in [-0.25, -0.2) is 0 Å². The first-order valence-corrected chi connectivity index (χ1v) is 3.06. The first-order valence-electron chi connectivity index (χ1n) is 3.06. The number of aromatic nitrogens is 2. The Morgan fingerprint density at radius 1 is 1.80 bits per heavy atom. The predicted octanol–water partition coefficient (Wildman–Crippen LogP) is -0.0923. The van der Waals surface area contributed by atoms with Crippen LogP contribution in [-0.2, 0) is 6.54 Å². The van der Waals surface area contributed by atoms with Crippen LogP contribution in [0.3, 0.4) is 0 Å². The molecule has 1 heterocycles. The number of anilines is 1. The summed E-state index contributed by atoms with van der Waals surface area (Å²) >= 11 is 0. The molecule has 3 N–H and O–H groups in total. The van der Waals surface area contributed by atoms with Crippen molar-refractivity contribution >= 4 is 5.69 Å². The highest BCUT2D eigenvalue weighted by Gasteiger charge is 1.98. The van der Waals surface area contributed by atoms with E-state index >= 15 is 0 Å². The van der Waals surface area contributed by atoms with E-state index in [-0.39, 0.29) is 0 Å². The van der Waals surface area contributed by atoms with Gasteiger partial charge >= 0.3 is 0 Å². The Balaban J connectivity index is 2.64. The van der Waals surface area contributed by atoms with Crippen molar-refractivity contribution in [1.29, 1.82) is 0 Å². The monoisotopic (exact) mass is 136 g/mol. The summed E-state index contributed by atoms with van der Waals surface area (Å²) in [6.07, 6.45) is 3.54. The number of aromatic amines is 1. The molecule has 0 aliphatic heterocycles. The van der Waals surface area contributed by atoms with Gasteiger partial charge in [0.05, 0.1) is 6.20 Å². The van der Waals surface area contributed by atoms with Gasteiger partial charge in [0.1, 0.15) is 5.69 Å². The lowest BCUT2D eigenvalue weighted by molar-refractivity contribution is -0.738. The quantitative estimate of drug-likeness (QED) is 0.411. The summed E-state index contributed by atoms with van der Waals surface area (Å²) in [4.78, 5) is 0. The Morgan fingerprint density at radius 3 is 3.10 bits per heavy atom. The third-order valence-corrected chi connectivity index (χ3v) is 1.13. The zero-order valence-corrected chi connectivity index (χ0v) is 5.89. The van der Waals surface area contributed by atoms with E-state index in [1.54, 1.807) is 6.20 Å². The number of nitrogens with one attached hydrogen (secondary N) is 1. The zero-order valence-electron chi connectivity index (χ0n) is 5.89. The SMILES string of the molecule is CC#CC[n+]1cc(N)c[nH]1. The summed E-state index contributed by atoms with van der Waals surface area (Å²) in [6.45, 7) is 2.49. The lowest BCUT2D eigenvalue weighted by Crippen LogP contribution is -2.33. The molecule has 0 bridgehead atoms. The van der Waals surface area contributed by atoms with Gasteiger partial charge in [-0.1, -0.05) is 0 Å². The van der Waals surface area contributed by atoms with Crippen LogP contribution < -0.4 is 10.4 Å². The van der Waals surface area contributed by atoms with E-state index in [1.807, 2.05) is 17.8 Å². The fourth-order valence-electron chi connectivity index (χ4n) is 0.667. The van der Waals surface area contributed by atoms with Crippen molar-refractivity contribution in [3.05, 3.63) is 12.4 Å². The first kappa shape index (κ1) is 6.69. The molecule has 0 atom stereocenters. The Morgan fingerprint density at radius 2 is 2.60 bits per heavy atom. The second kappa shape index (κ2) is 2.92. The zero-order chi connectivity index (χ0) is 7.40. The van der Waals surface area contributed by atoms with Gasteiger partial charge in [-0.05, 0) is 12.8 Å². The molecule has 3 heteroatoms. The van der Waals surface area contributed by atoms with Gasteiger partial charge in [-0.2, -0.15) is 5.10 Å². The summed E-state index contributed by atoms with van der Waals surface area (Å²) in [5.74, 6) is 5.70. The molecule has 0 radical (unpaired) electrons. The molecule has 0 fully saturated rings. The highest BCUT2D eigenvalue weighted by molar-refractivity contribution is 5.27. The molecular weight excluding hydrogens is 126 g/mol. The van der Waals surface area contributed by atoms with E-state index in [1.165, 1.54) is 0 Å². The van der Waals surface area contributed by atoms with Crippen LogP contribution in [0.15, 0.2) is 12.4 Å². The molecule has 0 aliphatic rings. The smallest absolute Gasteiger partial charge is 0.232 e. The Bertz CT molecular complexity index is 264. The van der Waals surface area contributed by atoms with E-state index < -0.39 is 0 Å². The number of H-pyrrole nitrogens is 1. The molecule has 0 aromatic carbocycles. The lowest BCUT2D eigenvalue weighted by atomic mass is 10.6. The summed E-state index contributed by atoms with van der Waals surface area (Å²) < 4.78 is 1.83. The third kappa shape index (κ3) is 1.52. The summed E-state index contributed by atoms with van der Waals surface area (Å²) in [5.41, 5.74) is 6.18. The van der Waals surface area contributed by atoms with Crippen molar-refractivity contribution in [2.24, 2.45) is 0 Å². The molecule has 0 spiro atoms. The molecule has 0 amide bonds. The van der Waals surface area contributed by atoms with Crippen molar-refractivity contribution in [3.8, 4) is 11.8 Å². The second-order valence-electron chi connectivity index (χ2n) is 1.96. The van der Waals surface area contributed by atoms with Crippen molar-refractivity contribution in [2.45, 2.75) is 13.5 Å². The highest BCUT2D eigenvalue weighted by Crippen LogP contribution is 1.88. The number of hydrogen-bond acceptors (Lipinski definition) is 1. The molecular formula is C7H10N3+. The fraction of sp³-hybridized carbons (Fsp3) is 0.286. The highest BCUT2D eigenvalue weighted by atomic mass is 15.3. The summed E-state index contributed by atoms with van der Waals surface area (Å²) in [5, 5.41) is 2.93. The molecule has 0 saturated heterocycles. The number of hydrogen-bond donors (Lipinski definition) is 2. The Labute approximate surface area is 59.8 Å². The maximum absolute atomic E-state index is 5.45. The topological polar surface area (TPSA) is 45.7 Å². The van der Waals surface area contributed by atoms with Crippen LogP contribution in [0.1, 0.15) is 6.92 Å². The first-order chi connectivity index (χ1) is 4.83. The van der Waals surface area contributed by atoms with Gasteiger partial charge in [0.25, 0.3) is 0 Å². The molecule has 1 aromatic rings. The molecule has 0 unspecified atom stereocenters. The number of nitrogen functional groups attached to an aromatic ring is 1. The molecule has 52 valence electrons. The van der Waals surface area contributed by atoms with Crippen LogP contribution in [0, 0.1) is 11.8 Å². The molecule has 1 rings (SSSR count). The van der Waals surface area contributed by atoms with Gasteiger partial charge in [-0.15, -0.1) is 10.6 Å². The van der Waals surface area contributed by atoms with Crippen LogP contribution in [-0.4, -0.2) is 5.10 Å². The van der Waals surface area contributed by atoms with E-state index in [2.05, 4.69) is 16.9 Å². The average molecular weight is 136 g/mol. The minimum absolute atomic E-state index is 0.674. The standard InChI is InChI=1S/C7H9N3/c1-2-3-4-10-6-7(8)5-9-10/h5-6H,4,8H2,1H3/p+1. The maximum Gasteiger partial charge on any atom is 0.232 e. The molecule has 10 heavy (non-hydrogen) atoms. The average Bonchev–Trinajstić information content (AvgIpc) is 2.31. The van der Waals surface area contributed by atoms with Crippen LogP contribution >= 0.6 is 0 Å². The van der Waals surface area contributed by atoms with Crippen LogP contribution in [0.4, 0.5) is 5.69 Å². The van der Waals surface area contributed by atoms with Gasteiger partial charge in [-0.3, -0.25) is 0 Å². The van der Waals surface area contributed by atoms with Crippen molar-refractivity contribution < 1.29 is 4.68 Å². The van der Waals surface area contributed by atoms with Gasteiger partial charge in [0, 0.05) is 0 Å². The fourth-order valence-corrected chi connectivity index (χ4v) is 0.667. The van der Waals surface area contributed by atoms with Crippen molar-refractivity contribution in [2.75, 3.05) is 5.73 Å². The van der Waals surface area contributed by atoms with E-state index in [0.29, 0.717) is 6.54 Å². The lowest BCUT2D eigenvalue weighted by Gasteiger charge is -1.77. The van der Waals surface area contributed by atoms with Crippen molar-refractivity contribution in [3.63, 3.8) is 0 Å². The molecule has 0 aliphatic carbocycles. The van der Waals surface area contributed by atoms with Crippen LogP contribution in [0.25, 0.3) is 0 Å². The Kier molecular flexibility index (Phi) is 1.96. The second-order valence-corrected chi connectivity index (χ2v) is 1.96.